The summed E-state index contributed by atoms with van der Waals surface area (Å²) in [5, 5.41) is 8.18. The number of fused-ring (bicyclic) bond motifs is 1. The molecule has 0 amide bonds. The smallest absolute Gasteiger partial charge is 0.130 e. The topological polar surface area (TPSA) is 79.8 Å². The van der Waals surface area contributed by atoms with E-state index in [1.54, 1.807) is 6.20 Å². The molecule has 0 aliphatic carbocycles. The van der Waals surface area contributed by atoms with Crippen LogP contribution in [0.2, 0.25) is 0 Å². The molecule has 0 bridgehead atoms. The maximum absolute atomic E-state index is 5.64. The molecular formula is C23H24N6O. The van der Waals surface area contributed by atoms with Crippen LogP contribution in [0.5, 0.6) is 0 Å². The third-order valence-corrected chi connectivity index (χ3v) is 5.78. The van der Waals surface area contributed by atoms with Gasteiger partial charge >= 0.3 is 0 Å². The number of aromatic amines is 1. The molecule has 1 aliphatic rings. The van der Waals surface area contributed by atoms with Crippen LogP contribution >= 0.6 is 0 Å². The highest BCUT2D eigenvalue weighted by atomic mass is 16.5. The molecule has 0 spiro atoms. The average Bonchev–Trinajstić information content (AvgIpc) is 3.29. The summed E-state index contributed by atoms with van der Waals surface area (Å²) in [6.45, 7) is 8.50. The number of H-pyrrole nitrogens is 1. The second-order valence-electron chi connectivity index (χ2n) is 7.80. The van der Waals surface area contributed by atoms with Crippen molar-refractivity contribution in [3.05, 3.63) is 54.1 Å². The fraction of sp³-hybridized carbons (Fsp3) is 0.304. The Morgan fingerprint density at radius 2 is 2.03 bits per heavy atom. The van der Waals surface area contributed by atoms with E-state index in [2.05, 4.69) is 51.0 Å². The largest absolute Gasteiger partial charge is 0.377 e. The summed E-state index contributed by atoms with van der Waals surface area (Å²) >= 11 is 0. The van der Waals surface area contributed by atoms with Gasteiger partial charge in [-0.25, -0.2) is 4.98 Å². The molecule has 0 saturated carbocycles. The lowest BCUT2D eigenvalue weighted by Gasteiger charge is -2.34. The van der Waals surface area contributed by atoms with Crippen molar-refractivity contribution in [2.45, 2.75) is 26.8 Å². The van der Waals surface area contributed by atoms with E-state index < -0.39 is 0 Å². The first-order valence-electron chi connectivity index (χ1n) is 10.2. The average molecular weight is 400 g/mol. The summed E-state index contributed by atoms with van der Waals surface area (Å²) < 4.78 is 5.64. The number of pyridine rings is 3. The van der Waals surface area contributed by atoms with E-state index in [1.165, 1.54) is 5.56 Å². The summed E-state index contributed by atoms with van der Waals surface area (Å²) in [6.07, 6.45) is 5.51. The Morgan fingerprint density at radius 3 is 2.80 bits per heavy atom. The summed E-state index contributed by atoms with van der Waals surface area (Å²) in [6, 6.07) is 8.57. The predicted molar refractivity (Wildman–Crippen MR) is 117 cm³/mol. The van der Waals surface area contributed by atoms with Gasteiger partial charge in [-0.05, 0) is 56.2 Å². The highest BCUT2D eigenvalue weighted by molar-refractivity contribution is 6.01. The van der Waals surface area contributed by atoms with Crippen molar-refractivity contribution in [3.8, 4) is 22.5 Å². The molecule has 5 rings (SSSR count). The zero-order chi connectivity index (χ0) is 20.7. The zero-order valence-electron chi connectivity index (χ0n) is 17.4. The molecule has 4 aromatic heterocycles. The van der Waals surface area contributed by atoms with Crippen LogP contribution in [0, 0.1) is 13.8 Å². The maximum atomic E-state index is 5.64. The molecule has 0 radical (unpaired) electrons. The zero-order valence-corrected chi connectivity index (χ0v) is 17.4. The number of morpholine rings is 1. The number of rotatable bonds is 3. The van der Waals surface area contributed by atoms with Crippen molar-refractivity contribution in [2.75, 3.05) is 24.7 Å². The SMILES string of the molecule is Cc1cc(-c2cc(N3CCOC[C@H]3C)nc3c(-c4ccn[nH]4)nccc23)cnc1C. The van der Waals surface area contributed by atoms with E-state index in [4.69, 9.17) is 9.72 Å². The Hall–Kier alpha value is -3.32. The van der Waals surface area contributed by atoms with Gasteiger partial charge in [-0.15, -0.1) is 0 Å². The van der Waals surface area contributed by atoms with E-state index >= 15 is 0 Å². The molecule has 5 heterocycles. The lowest BCUT2D eigenvalue weighted by molar-refractivity contribution is 0.0986. The summed E-state index contributed by atoms with van der Waals surface area (Å²) in [5.41, 5.74) is 6.89. The van der Waals surface area contributed by atoms with E-state index in [0.29, 0.717) is 13.2 Å². The van der Waals surface area contributed by atoms with Crippen LogP contribution in [0.3, 0.4) is 0 Å². The second kappa shape index (κ2) is 7.50. The standard InChI is InChI=1S/C23H24N6O/c1-14-10-17(12-25-16(14)3)19-11-21(29-8-9-30-13-15(29)2)27-22-18(19)4-6-24-23(22)20-5-7-26-28-20/h4-7,10-12,15H,8-9,13H2,1-3H3,(H,26,28)/t15-/m1/s1. The highest BCUT2D eigenvalue weighted by Gasteiger charge is 2.23. The molecule has 152 valence electrons. The molecule has 4 aromatic rings. The molecule has 7 heteroatoms. The molecule has 0 aromatic carbocycles. The van der Waals surface area contributed by atoms with Gasteiger partial charge < -0.3 is 9.64 Å². The van der Waals surface area contributed by atoms with Crippen LogP contribution in [-0.4, -0.2) is 50.9 Å². The fourth-order valence-corrected chi connectivity index (χ4v) is 3.97. The van der Waals surface area contributed by atoms with Crippen molar-refractivity contribution in [3.63, 3.8) is 0 Å². The number of aryl methyl sites for hydroxylation is 2. The van der Waals surface area contributed by atoms with Crippen molar-refractivity contribution in [1.82, 2.24) is 25.1 Å². The predicted octanol–water partition coefficient (Wildman–Crippen LogP) is 3.92. The number of hydrogen-bond acceptors (Lipinski definition) is 6. The van der Waals surface area contributed by atoms with Gasteiger partial charge in [-0.2, -0.15) is 5.10 Å². The Labute approximate surface area is 175 Å². The normalized spacial score (nSPS) is 16.9. The van der Waals surface area contributed by atoms with E-state index in [0.717, 1.165) is 51.5 Å². The lowest BCUT2D eigenvalue weighted by Crippen LogP contribution is -2.44. The van der Waals surface area contributed by atoms with Gasteiger partial charge in [0.2, 0.25) is 0 Å². The molecule has 1 atom stereocenters. The Kier molecular flexibility index (Phi) is 4.67. The fourth-order valence-electron chi connectivity index (χ4n) is 3.97. The third-order valence-electron chi connectivity index (χ3n) is 5.78. The van der Waals surface area contributed by atoms with Crippen molar-refractivity contribution < 1.29 is 4.74 Å². The quantitative estimate of drug-likeness (QED) is 0.561. The Bertz CT molecular complexity index is 1200. The molecular weight excluding hydrogens is 376 g/mol. The van der Waals surface area contributed by atoms with Crippen molar-refractivity contribution >= 4 is 16.7 Å². The van der Waals surface area contributed by atoms with Crippen LogP contribution in [0.25, 0.3) is 33.4 Å². The van der Waals surface area contributed by atoms with Crippen LogP contribution in [0.4, 0.5) is 5.82 Å². The summed E-state index contributed by atoms with van der Waals surface area (Å²) in [7, 11) is 0. The van der Waals surface area contributed by atoms with Gasteiger partial charge in [-0.1, -0.05) is 0 Å². The molecule has 1 aliphatic heterocycles. The van der Waals surface area contributed by atoms with Gasteiger partial charge in [0.1, 0.15) is 17.0 Å². The number of hydrogen-bond donors (Lipinski definition) is 1. The number of aromatic nitrogens is 5. The van der Waals surface area contributed by atoms with Gasteiger partial charge in [0.25, 0.3) is 0 Å². The first kappa shape index (κ1) is 18.7. The van der Waals surface area contributed by atoms with Crippen LogP contribution < -0.4 is 4.90 Å². The minimum atomic E-state index is 0.252. The summed E-state index contributed by atoms with van der Waals surface area (Å²) in [5.74, 6) is 0.931. The first-order valence-corrected chi connectivity index (χ1v) is 10.2. The Morgan fingerprint density at radius 1 is 1.13 bits per heavy atom. The van der Waals surface area contributed by atoms with E-state index in [9.17, 15) is 0 Å². The maximum Gasteiger partial charge on any atom is 0.130 e. The van der Waals surface area contributed by atoms with Gasteiger partial charge in [-0.3, -0.25) is 15.1 Å². The molecule has 1 N–H and O–H groups in total. The third kappa shape index (κ3) is 3.21. The second-order valence-corrected chi connectivity index (χ2v) is 7.80. The molecule has 30 heavy (non-hydrogen) atoms. The number of nitrogens with zero attached hydrogens (tertiary/aromatic N) is 5. The van der Waals surface area contributed by atoms with Gasteiger partial charge in [0.05, 0.1) is 24.9 Å². The van der Waals surface area contributed by atoms with Crippen molar-refractivity contribution in [2.24, 2.45) is 0 Å². The van der Waals surface area contributed by atoms with E-state index in [-0.39, 0.29) is 6.04 Å². The molecule has 1 saturated heterocycles. The lowest BCUT2D eigenvalue weighted by atomic mass is 9.99. The van der Waals surface area contributed by atoms with Crippen LogP contribution in [-0.2, 0) is 4.74 Å². The minimum Gasteiger partial charge on any atom is -0.377 e. The molecule has 0 unspecified atom stereocenters. The Balaban J connectivity index is 1.79. The van der Waals surface area contributed by atoms with Gasteiger partial charge in [0.15, 0.2) is 0 Å². The molecule has 1 fully saturated rings. The monoisotopic (exact) mass is 400 g/mol. The number of ether oxygens (including phenoxy) is 1. The minimum absolute atomic E-state index is 0.252. The molecule has 7 nitrogen and oxygen atoms in total. The number of anilines is 1. The number of nitrogens with one attached hydrogen (secondary N) is 1. The van der Waals surface area contributed by atoms with E-state index in [1.807, 2.05) is 31.5 Å². The summed E-state index contributed by atoms with van der Waals surface area (Å²) in [4.78, 5) is 16.6. The highest BCUT2D eigenvalue weighted by Crippen LogP contribution is 2.35. The van der Waals surface area contributed by atoms with Crippen molar-refractivity contribution in [1.29, 1.82) is 0 Å². The van der Waals surface area contributed by atoms with Crippen LogP contribution in [0.15, 0.2) is 42.9 Å². The first-order chi connectivity index (χ1) is 14.6. The van der Waals surface area contributed by atoms with Crippen LogP contribution in [0.1, 0.15) is 18.2 Å². The van der Waals surface area contributed by atoms with Gasteiger partial charge in [0, 0.05) is 41.8 Å².